The highest BCUT2D eigenvalue weighted by atomic mass is 32.2. The van der Waals surface area contributed by atoms with E-state index in [1.54, 1.807) is 4.90 Å². The van der Waals surface area contributed by atoms with E-state index < -0.39 is 34.1 Å². The van der Waals surface area contributed by atoms with Crippen LogP contribution in [0.4, 0.5) is 5.69 Å². The highest BCUT2D eigenvalue weighted by molar-refractivity contribution is 7.92. The first kappa shape index (κ1) is 22.5. The molecule has 0 aromatic heterocycles. The average Bonchev–Trinajstić information content (AvgIpc) is 3.00. The van der Waals surface area contributed by atoms with E-state index in [9.17, 15) is 23.1 Å². The molecule has 30 heavy (non-hydrogen) atoms. The molecule has 1 atom stereocenters. The van der Waals surface area contributed by atoms with E-state index in [1.807, 2.05) is 24.3 Å². The van der Waals surface area contributed by atoms with Crippen LogP contribution < -0.4 is 15.4 Å². The van der Waals surface area contributed by atoms with Gasteiger partial charge in [0.2, 0.25) is 21.8 Å². The van der Waals surface area contributed by atoms with E-state index in [0.29, 0.717) is 38.2 Å². The molecule has 9 nitrogen and oxygen atoms in total. The number of fused-ring (bicyclic) bond motifs is 2. The minimum atomic E-state index is -3.41. The second-order valence-electron chi connectivity index (χ2n) is 8.82. The molecule has 2 heterocycles. The maximum atomic E-state index is 12.9. The number of carbonyl (C=O) groups excluding carboxylic acids is 2. The molecule has 1 aromatic rings. The van der Waals surface area contributed by atoms with Crippen molar-refractivity contribution in [2.75, 3.05) is 36.8 Å². The fourth-order valence-corrected chi connectivity index (χ4v) is 5.21. The van der Waals surface area contributed by atoms with Gasteiger partial charge in [0.15, 0.2) is 0 Å². The van der Waals surface area contributed by atoms with Crippen molar-refractivity contribution in [3.63, 3.8) is 0 Å². The quantitative estimate of drug-likeness (QED) is 0.568. The van der Waals surface area contributed by atoms with Gasteiger partial charge in [-0.15, -0.1) is 0 Å². The highest BCUT2D eigenvalue weighted by Crippen LogP contribution is 2.47. The first-order chi connectivity index (χ1) is 13.9. The number of hydrogen-bond donors (Lipinski definition) is 3. The summed E-state index contributed by atoms with van der Waals surface area (Å²) in [5.41, 5.74) is 5.93. The fraction of sp³-hybridized carbons (Fsp3) is 0.600. The monoisotopic (exact) mass is 440 g/mol. The summed E-state index contributed by atoms with van der Waals surface area (Å²) in [7, 11) is -3.41. The lowest BCUT2D eigenvalue weighted by Crippen LogP contribution is -2.59. The number of nitrogens with two attached hydrogens (primary N) is 1. The van der Waals surface area contributed by atoms with Crippen molar-refractivity contribution in [2.45, 2.75) is 43.7 Å². The SMILES string of the molecule is CC(C)(N)C(=O)N[C@H](CO)C(=O)N1CCC2(CC1)CN(S([14CH3])(=O)=O)c1ccccc12. The molecule has 2 aliphatic heterocycles. The number of likely N-dealkylation sites (tertiary alicyclic amines) is 1. The van der Waals surface area contributed by atoms with Crippen LogP contribution in [0.2, 0.25) is 0 Å². The summed E-state index contributed by atoms with van der Waals surface area (Å²) < 4.78 is 26.0. The lowest BCUT2D eigenvalue weighted by molar-refractivity contribution is -0.139. The number of hydrogen-bond acceptors (Lipinski definition) is 6. The summed E-state index contributed by atoms with van der Waals surface area (Å²) in [5.74, 6) is -0.881. The van der Waals surface area contributed by atoms with Crippen molar-refractivity contribution in [2.24, 2.45) is 5.73 Å². The number of anilines is 1. The Kier molecular flexibility index (Phi) is 5.87. The number of benzene rings is 1. The third-order valence-corrected chi connectivity index (χ3v) is 7.12. The Balaban J connectivity index is 1.74. The number of piperidine rings is 1. The van der Waals surface area contributed by atoms with Crippen LogP contribution in [0.1, 0.15) is 32.3 Å². The van der Waals surface area contributed by atoms with Gasteiger partial charge in [0.25, 0.3) is 0 Å². The smallest absolute Gasteiger partial charge is 0.247 e. The molecule has 0 saturated carbocycles. The third kappa shape index (κ3) is 4.17. The molecule has 4 N–H and O–H groups in total. The normalized spacial score (nSPS) is 19.5. The summed E-state index contributed by atoms with van der Waals surface area (Å²) in [6.45, 7) is 3.70. The molecule has 166 valence electrons. The Morgan fingerprint density at radius 3 is 2.43 bits per heavy atom. The van der Waals surface area contributed by atoms with Gasteiger partial charge < -0.3 is 21.1 Å². The average molecular weight is 441 g/mol. The Labute approximate surface area is 177 Å². The van der Waals surface area contributed by atoms with Gasteiger partial charge in [0.05, 0.1) is 24.1 Å². The van der Waals surface area contributed by atoms with Crippen molar-refractivity contribution >= 4 is 27.5 Å². The van der Waals surface area contributed by atoms with Gasteiger partial charge in [-0.05, 0) is 38.3 Å². The first-order valence-corrected chi connectivity index (χ1v) is 11.8. The largest absolute Gasteiger partial charge is 0.394 e. The number of sulfonamides is 1. The lowest BCUT2D eigenvalue weighted by Gasteiger charge is -2.40. The molecule has 2 aliphatic rings. The molecule has 1 aromatic carbocycles. The standard InChI is InChI=1S/C20H30N4O5S/c1-19(2,21)18(27)22-15(12-25)17(26)23-10-8-20(9-11-23)13-24(30(3,28)29)16-7-5-4-6-14(16)20/h4-7,15,25H,8-13,21H2,1-3H3,(H,22,27)/t15-/m1/s1/i3+2. The second-order valence-corrected chi connectivity index (χ2v) is 10.7. The Bertz CT molecular complexity index is 933. The number of nitrogens with one attached hydrogen (secondary N) is 1. The molecule has 0 bridgehead atoms. The molecule has 2 amide bonds. The molecular formula is C20H30N4O5S. The molecule has 1 spiro atoms. The van der Waals surface area contributed by atoms with Gasteiger partial charge in [-0.3, -0.25) is 13.9 Å². The van der Waals surface area contributed by atoms with Crippen LogP contribution in [0, 0.1) is 0 Å². The van der Waals surface area contributed by atoms with Crippen LogP contribution in [-0.2, 0) is 25.0 Å². The molecule has 0 radical (unpaired) electrons. The molecule has 3 rings (SSSR count). The number of carbonyl (C=O) groups is 2. The van der Waals surface area contributed by atoms with E-state index >= 15 is 0 Å². The predicted molar refractivity (Wildman–Crippen MR) is 113 cm³/mol. The minimum Gasteiger partial charge on any atom is -0.394 e. The number of aliphatic hydroxyl groups excluding tert-OH is 1. The van der Waals surface area contributed by atoms with E-state index in [1.165, 1.54) is 24.4 Å². The van der Waals surface area contributed by atoms with E-state index in [2.05, 4.69) is 5.32 Å². The Hall–Kier alpha value is -2.17. The molecule has 10 heteroatoms. The van der Waals surface area contributed by atoms with Crippen LogP contribution in [-0.4, -0.2) is 74.3 Å². The zero-order valence-corrected chi connectivity index (χ0v) is 18.4. The number of rotatable bonds is 5. The summed E-state index contributed by atoms with van der Waals surface area (Å²) in [6.07, 6.45) is 2.39. The predicted octanol–water partition coefficient (Wildman–Crippen LogP) is -0.459. The van der Waals surface area contributed by atoms with Gasteiger partial charge in [-0.2, -0.15) is 0 Å². The highest BCUT2D eigenvalue weighted by Gasteiger charge is 2.47. The van der Waals surface area contributed by atoms with Crippen molar-refractivity contribution < 1.29 is 23.1 Å². The zero-order chi connectivity index (χ0) is 22.3. The van der Waals surface area contributed by atoms with E-state index in [-0.39, 0.29) is 11.3 Å². The molecule has 0 unspecified atom stereocenters. The second kappa shape index (κ2) is 7.82. The van der Waals surface area contributed by atoms with Gasteiger partial charge in [-0.25, -0.2) is 8.42 Å². The van der Waals surface area contributed by atoms with Gasteiger partial charge in [-0.1, -0.05) is 18.2 Å². The maximum Gasteiger partial charge on any atom is 0.247 e. The van der Waals surface area contributed by atoms with Crippen LogP contribution >= 0.6 is 0 Å². The Morgan fingerprint density at radius 2 is 1.90 bits per heavy atom. The van der Waals surface area contributed by atoms with Crippen LogP contribution in [0.25, 0.3) is 0 Å². The Morgan fingerprint density at radius 1 is 1.30 bits per heavy atom. The van der Waals surface area contributed by atoms with Gasteiger partial charge in [0, 0.05) is 25.0 Å². The number of nitrogens with zero attached hydrogens (tertiary/aromatic N) is 2. The van der Waals surface area contributed by atoms with Gasteiger partial charge in [0.1, 0.15) is 6.04 Å². The summed E-state index contributed by atoms with van der Waals surface area (Å²) in [4.78, 5) is 26.6. The fourth-order valence-electron chi connectivity index (χ4n) is 4.21. The minimum absolute atomic E-state index is 0.354. The van der Waals surface area contributed by atoms with Crippen LogP contribution in [0.3, 0.4) is 0 Å². The first-order valence-electron chi connectivity index (χ1n) is 9.96. The number of amides is 2. The maximum absolute atomic E-state index is 12.9. The lowest BCUT2D eigenvalue weighted by atomic mass is 9.74. The summed E-state index contributed by atoms with van der Waals surface area (Å²) >= 11 is 0. The van der Waals surface area contributed by atoms with Crippen molar-refractivity contribution in [3.8, 4) is 0 Å². The van der Waals surface area contributed by atoms with Crippen molar-refractivity contribution in [1.82, 2.24) is 10.2 Å². The summed E-state index contributed by atoms with van der Waals surface area (Å²) in [6, 6.07) is 6.43. The van der Waals surface area contributed by atoms with E-state index in [0.717, 1.165) is 5.56 Å². The van der Waals surface area contributed by atoms with Gasteiger partial charge >= 0.3 is 0 Å². The number of para-hydroxylation sites is 1. The van der Waals surface area contributed by atoms with Crippen LogP contribution in [0.5, 0.6) is 0 Å². The molecule has 1 saturated heterocycles. The van der Waals surface area contributed by atoms with Crippen LogP contribution in [0.15, 0.2) is 24.3 Å². The summed E-state index contributed by atoms with van der Waals surface area (Å²) in [5, 5.41) is 12.1. The molecule has 0 aliphatic carbocycles. The zero-order valence-electron chi connectivity index (χ0n) is 17.6. The van der Waals surface area contributed by atoms with Crippen molar-refractivity contribution in [1.29, 1.82) is 0 Å². The van der Waals surface area contributed by atoms with E-state index in [4.69, 9.17) is 5.73 Å². The molecular weight excluding hydrogens is 410 g/mol. The molecule has 1 fully saturated rings. The third-order valence-electron chi connectivity index (χ3n) is 5.99. The van der Waals surface area contributed by atoms with Crippen molar-refractivity contribution in [3.05, 3.63) is 29.8 Å². The topological polar surface area (TPSA) is 133 Å². The number of aliphatic hydroxyl groups is 1.